The van der Waals surface area contributed by atoms with Gasteiger partial charge in [-0.1, -0.05) is 46.3 Å². The molecule has 0 aliphatic carbocycles. The van der Waals surface area contributed by atoms with E-state index in [1.54, 1.807) is 30.3 Å². The number of hydrogen-bond acceptors (Lipinski definition) is 4. The van der Waals surface area contributed by atoms with Crippen molar-refractivity contribution in [3.05, 3.63) is 86.8 Å². The van der Waals surface area contributed by atoms with E-state index >= 15 is 0 Å². The highest BCUT2D eigenvalue weighted by molar-refractivity contribution is 9.10. The Morgan fingerprint density at radius 3 is 2.41 bits per heavy atom. The Labute approximate surface area is 163 Å². The molecular weight excluding hydrogens is 412 g/mol. The van der Waals surface area contributed by atoms with E-state index in [9.17, 15) is 14.4 Å². The second-order valence-electron chi connectivity index (χ2n) is 5.62. The number of aromatic nitrogens is 1. The summed E-state index contributed by atoms with van der Waals surface area (Å²) in [4.78, 5) is 36.9. The first-order chi connectivity index (χ1) is 13.0. The molecule has 3 rings (SSSR count). The molecule has 0 atom stereocenters. The second-order valence-corrected chi connectivity index (χ2v) is 6.53. The molecule has 0 fully saturated rings. The summed E-state index contributed by atoms with van der Waals surface area (Å²) in [5.41, 5.74) is 3.04. The predicted molar refractivity (Wildman–Crippen MR) is 107 cm³/mol. The van der Waals surface area contributed by atoms with Crippen LogP contribution in [0.1, 0.15) is 15.9 Å². The van der Waals surface area contributed by atoms with E-state index in [4.69, 9.17) is 4.74 Å². The van der Waals surface area contributed by atoms with E-state index in [0.717, 1.165) is 14.7 Å². The van der Waals surface area contributed by atoms with Gasteiger partial charge >= 0.3 is 5.97 Å². The van der Waals surface area contributed by atoms with Crippen LogP contribution in [0.2, 0.25) is 0 Å². The van der Waals surface area contributed by atoms with Crippen LogP contribution in [0.15, 0.2) is 70.1 Å². The van der Waals surface area contributed by atoms with E-state index in [2.05, 4.69) is 21.4 Å². The third-order valence-corrected chi connectivity index (χ3v) is 4.39. The number of nitrogens with zero attached hydrogens (tertiary/aromatic N) is 1. The van der Waals surface area contributed by atoms with Crippen LogP contribution >= 0.6 is 15.9 Å². The summed E-state index contributed by atoms with van der Waals surface area (Å²) in [5, 5.41) is 0.767. The SMILES string of the molecule is COC(=O)c1cn(NC(=O)/C=C/c2ccc(Br)cc2)c(=O)c2ccccc12. The summed E-state index contributed by atoms with van der Waals surface area (Å²) < 4.78 is 6.70. The van der Waals surface area contributed by atoms with Gasteiger partial charge in [0.25, 0.3) is 11.5 Å². The molecule has 7 heteroatoms. The van der Waals surface area contributed by atoms with Gasteiger partial charge in [-0.3, -0.25) is 15.0 Å². The molecule has 0 bridgehead atoms. The van der Waals surface area contributed by atoms with Gasteiger partial charge in [0.2, 0.25) is 0 Å². The molecule has 1 aromatic heterocycles. The van der Waals surface area contributed by atoms with E-state index < -0.39 is 17.4 Å². The molecule has 136 valence electrons. The van der Waals surface area contributed by atoms with Crippen LogP contribution in [0.25, 0.3) is 16.8 Å². The van der Waals surface area contributed by atoms with Gasteiger partial charge in [0.1, 0.15) is 0 Å². The third-order valence-electron chi connectivity index (χ3n) is 3.86. The third kappa shape index (κ3) is 4.15. The van der Waals surface area contributed by atoms with Gasteiger partial charge in [0.15, 0.2) is 0 Å². The number of fused-ring (bicyclic) bond motifs is 1. The molecule has 3 aromatic rings. The van der Waals surface area contributed by atoms with Gasteiger partial charge in [-0.25, -0.2) is 9.47 Å². The lowest BCUT2D eigenvalue weighted by atomic mass is 10.1. The summed E-state index contributed by atoms with van der Waals surface area (Å²) >= 11 is 3.34. The number of pyridine rings is 1. The Hall–Kier alpha value is -3.19. The number of carbonyl (C=O) groups is 2. The highest BCUT2D eigenvalue weighted by Crippen LogP contribution is 2.16. The zero-order chi connectivity index (χ0) is 19.4. The van der Waals surface area contributed by atoms with Crippen molar-refractivity contribution in [3.8, 4) is 0 Å². The normalized spacial score (nSPS) is 10.9. The maximum Gasteiger partial charge on any atom is 0.340 e. The Kier molecular flexibility index (Phi) is 5.52. The maximum atomic E-state index is 12.6. The molecule has 0 aliphatic rings. The minimum Gasteiger partial charge on any atom is -0.465 e. The Morgan fingerprint density at radius 2 is 1.74 bits per heavy atom. The van der Waals surface area contributed by atoms with Gasteiger partial charge < -0.3 is 4.74 Å². The monoisotopic (exact) mass is 426 g/mol. The first-order valence-corrected chi connectivity index (χ1v) is 8.76. The van der Waals surface area contributed by atoms with Crippen LogP contribution in [0.4, 0.5) is 0 Å². The number of hydrogen-bond donors (Lipinski definition) is 1. The first-order valence-electron chi connectivity index (χ1n) is 7.97. The molecule has 0 saturated heterocycles. The summed E-state index contributed by atoms with van der Waals surface area (Å²) in [6, 6.07) is 14.0. The van der Waals surface area contributed by atoms with E-state index in [1.165, 1.54) is 19.4 Å². The van der Waals surface area contributed by atoms with Crippen molar-refractivity contribution < 1.29 is 14.3 Å². The summed E-state index contributed by atoms with van der Waals surface area (Å²) in [7, 11) is 1.26. The zero-order valence-electron chi connectivity index (χ0n) is 14.3. The van der Waals surface area contributed by atoms with Gasteiger partial charge in [0.05, 0.1) is 12.7 Å². The molecule has 1 N–H and O–H groups in total. The summed E-state index contributed by atoms with van der Waals surface area (Å²) in [6.07, 6.45) is 4.19. The predicted octanol–water partition coefficient (Wildman–Crippen LogP) is 3.33. The quantitative estimate of drug-likeness (QED) is 0.512. The first kappa shape index (κ1) is 18.6. The lowest BCUT2D eigenvalue weighted by Gasteiger charge is -2.11. The van der Waals surface area contributed by atoms with Gasteiger partial charge in [-0.2, -0.15) is 0 Å². The topological polar surface area (TPSA) is 77.4 Å². The fourth-order valence-corrected chi connectivity index (χ4v) is 2.81. The number of methoxy groups -OCH3 is 1. The number of esters is 1. The minimum absolute atomic E-state index is 0.185. The van der Waals surface area contributed by atoms with E-state index in [0.29, 0.717) is 10.8 Å². The lowest BCUT2D eigenvalue weighted by Crippen LogP contribution is -2.33. The standard InChI is InChI=1S/C20H15BrN2O4/c1-27-20(26)17-12-23(19(25)16-5-3-2-4-15(16)17)22-18(24)11-8-13-6-9-14(21)10-7-13/h2-12H,1H3,(H,22,24)/b11-8+. The highest BCUT2D eigenvalue weighted by atomic mass is 79.9. The number of halogens is 1. The fourth-order valence-electron chi connectivity index (χ4n) is 2.55. The van der Waals surface area contributed by atoms with E-state index in [-0.39, 0.29) is 5.56 Å². The summed E-state index contributed by atoms with van der Waals surface area (Å²) in [6.45, 7) is 0. The van der Waals surface area contributed by atoms with Crippen molar-refractivity contribution >= 4 is 44.7 Å². The van der Waals surface area contributed by atoms with Crippen molar-refractivity contribution in [1.29, 1.82) is 0 Å². The number of nitrogens with one attached hydrogen (secondary N) is 1. The Balaban J connectivity index is 1.93. The largest absolute Gasteiger partial charge is 0.465 e. The minimum atomic E-state index is -0.598. The number of amides is 1. The highest BCUT2D eigenvalue weighted by Gasteiger charge is 2.15. The number of rotatable bonds is 4. The maximum absolute atomic E-state index is 12.6. The molecule has 0 spiro atoms. The van der Waals surface area contributed by atoms with Crippen LogP contribution in [0.3, 0.4) is 0 Å². The van der Waals surface area contributed by atoms with Crippen LogP contribution in [-0.2, 0) is 9.53 Å². The average Bonchev–Trinajstić information content (AvgIpc) is 2.69. The number of benzene rings is 2. The molecule has 0 aliphatic heterocycles. The van der Waals surface area contributed by atoms with Gasteiger partial charge in [-0.15, -0.1) is 0 Å². The van der Waals surface area contributed by atoms with Crippen LogP contribution in [-0.4, -0.2) is 23.7 Å². The van der Waals surface area contributed by atoms with Crippen molar-refractivity contribution in [1.82, 2.24) is 4.68 Å². The van der Waals surface area contributed by atoms with Gasteiger partial charge in [0, 0.05) is 27.5 Å². The van der Waals surface area contributed by atoms with E-state index in [1.807, 2.05) is 24.3 Å². The lowest BCUT2D eigenvalue weighted by molar-refractivity contribution is -0.112. The molecule has 1 heterocycles. The molecule has 27 heavy (non-hydrogen) atoms. The summed E-state index contributed by atoms with van der Waals surface area (Å²) in [5.74, 6) is -1.11. The Bertz CT molecular complexity index is 1100. The average molecular weight is 427 g/mol. The number of carbonyl (C=O) groups excluding carboxylic acids is 2. The van der Waals surface area contributed by atoms with Crippen molar-refractivity contribution in [2.45, 2.75) is 0 Å². The molecule has 0 radical (unpaired) electrons. The molecular formula is C20H15BrN2O4. The van der Waals surface area contributed by atoms with Gasteiger partial charge in [-0.05, 0) is 29.8 Å². The second kappa shape index (κ2) is 8.01. The molecule has 0 unspecified atom stereocenters. The smallest absolute Gasteiger partial charge is 0.340 e. The van der Waals surface area contributed by atoms with Crippen molar-refractivity contribution in [2.24, 2.45) is 0 Å². The molecule has 6 nitrogen and oxygen atoms in total. The Morgan fingerprint density at radius 1 is 1.07 bits per heavy atom. The van der Waals surface area contributed by atoms with Crippen LogP contribution < -0.4 is 11.0 Å². The molecule has 0 saturated carbocycles. The van der Waals surface area contributed by atoms with Crippen LogP contribution in [0, 0.1) is 0 Å². The zero-order valence-corrected chi connectivity index (χ0v) is 15.9. The van der Waals surface area contributed by atoms with Crippen LogP contribution in [0.5, 0.6) is 0 Å². The number of ether oxygens (including phenoxy) is 1. The molecule has 1 amide bonds. The molecule has 2 aromatic carbocycles. The van der Waals surface area contributed by atoms with Crippen molar-refractivity contribution in [3.63, 3.8) is 0 Å². The fraction of sp³-hybridized carbons (Fsp3) is 0.0500. The van der Waals surface area contributed by atoms with Crippen molar-refractivity contribution in [2.75, 3.05) is 12.5 Å².